The lowest BCUT2D eigenvalue weighted by Gasteiger charge is -2.31. The fourth-order valence-corrected chi connectivity index (χ4v) is 2.29. The molecular formula is C24H30BNO6. The first-order valence-corrected chi connectivity index (χ1v) is 10.2. The van der Waals surface area contributed by atoms with Crippen molar-refractivity contribution in [3.8, 4) is 22.8 Å². The normalized spacial score (nSPS) is 11.2. The van der Waals surface area contributed by atoms with Crippen molar-refractivity contribution in [2.45, 2.75) is 45.5 Å². The Morgan fingerprint density at radius 1 is 0.844 bits per heavy atom. The van der Waals surface area contributed by atoms with Gasteiger partial charge in [-0.3, -0.25) is 4.98 Å². The van der Waals surface area contributed by atoms with Crippen molar-refractivity contribution >= 4 is 7.32 Å². The van der Waals surface area contributed by atoms with Gasteiger partial charge >= 0.3 is 7.32 Å². The number of hydrogen-bond acceptors (Lipinski definition) is 7. The van der Waals surface area contributed by atoms with Crippen LogP contribution >= 0.6 is 0 Å². The Hall–Kier alpha value is -2.91. The van der Waals surface area contributed by atoms with Gasteiger partial charge in [-0.2, -0.15) is 0 Å². The molecule has 0 amide bonds. The Balaban J connectivity index is 0.000000390. The molecule has 0 bridgehead atoms. The average molecular weight is 439 g/mol. The first kappa shape index (κ1) is 25.4. The predicted molar refractivity (Wildman–Crippen MR) is 124 cm³/mol. The van der Waals surface area contributed by atoms with Crippen LogP contribution < -0.4 is 9.39 Å². The van der Waals surface area contributed by atoms with Crippen LogP contribution in [-0.2, 0) is 6.61 Å². The van der Waals surface area contributed by atoms with Crippen molar-refractivity contribution in [1.82, 2.24) is 4.98 Å². The third-order valence-electron chi connectivity index (χ3n) is 4.87. The van der Waals surface area contributed by atoms with Crippen LogP contribution in [0.3, 0.4) is 0 Å². The minimum Gasteiger partial charge on any atom is -0.512 e. The maximum atomic E-state index is 9.10. The Kier molecular flexibility index (Phi) is 8.80. The minimum atomic E-state index is -1.88. The zero-order valence-corrected chi connectivity index (χ0v) is 18.8. The first-order valence-electron chi connectivity index (χ1n) is 10.2. The van der Waals surface area contributed by atoms with Crippen molar-refractivity contribution in [3.63, 3.8) is 0 Å². The highest BCUT2D eigenvalue weighted by atomic mass is 16.6. The molecular weight excluding hydrogens is 409 g/mol. The van der Waals surface area contributed by atoms with E-state index in [0.717, 1.165) is 5.56 Å². The van der Waals surface area contributed by atoms with E-state index in [0.29, 0.717) is 29.4 Å². The number of aliphatic hydroxyl groups is 2. The van der Waals surface area contributed by atoms with Crippen LogP contribution in [0, 0.1) is 0 Å². The molecule has 1 heterocycles. The summed E-state index contributed by atoms with van der Waals surface area (Å²) in [6.45, 7) is 6.73. The van der Waals surface area contributed by atoms with E-state index in [9.17, 15) is 0 Å². The van der Waals surface area contributed by atoms with Gasteiger partial charge in [0.2, 0.25) is 0 Å². The molecule has 0 unspecified atom stereocenters. The number of benzene rings is 2. The van der Waals surface area contributed by atoms with E-state index in [-0.39, 0.29) is 0 Å². The average Bonchev–Trinajstić information content (AvgIpc) is 2.73. The Morgan fingerprint density at radius 2 is 1.47 bits per heavy atom. The molecule has 0 fully saturated rings. The quantitative estimate of drug-likeness (QED) is 0.418. The van der Waals surface area contributed by atoms with E-state index < -0.39 is 18.5 Å². The number of ether oxygens (including phenoxy) is 1. The van der Waals surface area contributed by atoms with Crippen molar-refractivity contribution < 1.29 is 29.7 Å². The monoisotopic (exact) mass is 439 g/mol. The van der Waals surface area contributed by atoms with Gasteiger partial charge < -0.3 is 29.7 Å². The molecule has 8 heteroatoms. The largest absolute Gasteiger partial charge is 0.707 e. The third-order valence-corrected chi connectivity index (χ3v) is 4.87. The van der Waals surface area contributed by atoms with Crippen molar-refractivity contribution in [3.05, 3.63) is 78.5 Å². The summed E-state index contributed by atoms with van der Waals surface area (Å²) in [5, 5.41) is 36.2. The number of hydrogen-bond donors (Lipinski definition) is 4. The molecule has 32 heavy (non-hydrogen) atoms. The highest BCUT2D eigenvalue weighted by Gasteiger charge is 2.31. The molecule has 170 valence electrons. The van der Waals surface area contributed by atoms with Crippen molar-refractivity contribution in [1.29, 1.82) is 0 Å². The molecule has 0 saturated heterocycles. The molecule has 4 N–H and O–H groups in total. The van der Waals surface area contributed by atoms with E-state index >= 15 is 0 Å². The highest BCUT2D eigenvalue weighted by Crippen LogP contribution is 2.33. The molecule has 0 aliphatic rings. The fourth-order valence-electron chi connectivity index (χ4n) is 2.29. The molecule has 3 rings (SSSR count). The zero-order chi connectivity index (χ0) is 23.8. The second-order valence-electron chi connectivity index (χ2n) is 8.21. The summed E-state index contributed by atoms with van der Waals surface area (Å²) in [5.41, 5.74) is 0.457. The summed E-state index contributed by atoms with van der Waals surface area (Å²) < 4.78 is 10.8. The fraction of sp³-hybridized carbons (Fsp3) is 0.292. The molecule has 0 atom stereocenters. The third kappa shape index (κ3) is 7.98. The lowest BCUT2D eigenvalue weighted by atomic mass is 9.90. The molecule has 1 aromatic heterocycles. The van der Waals surface area contributed by atoms with Crippen molar-refractivity contribution in [2.24, 2.45) is 0 Å². The van der Waals surface area contributed by atoms with E-state index in [1.807, 2.05) is 48.5 Å². The highest BCUT2D eigenvalue weighted by molar-refractivity contribution is 6.33. The molecule has 0 radical (unpaired) electrons. The number of pyridine rings is 1. The van der Waals surface area contributed by atoms with Gasteiger partial charge in [0.25, 0.3) is 0 Å². The number of nitrogens with zero attached hydrogens (tertiary/aromatic N) is 1. The van der Waals surface area contributed by atoms with Gasteiger partial charge in [-0.05, 0) is 63.6 Å². The molecule has 3 aromatic rings. The van der Waals surface area contributed by atoms with Crippen LogP contribution in [0.25, 0.3) is 11.3 Å². The molecule has 0 saturated carbocycles. The summed E-state index contributed by atoms with van der Waals surface area (Å²) in [5.74, 6) is 0.954. The summed E-state index contributed by atoms with van der Waals surface area (Å²) >= 11 is 0. The zero-order valence-electron chi connectivity index (χ0n) is 18.8. The van der Waals surface area contributed by atoms with Gasteiger partial charge in [0.05, 0.1) is 16.9 Å². The first-order chi connectivity index (χ1) is 15.0. The van der Waals surface area contributed by atoms with Crippen LogP contribution in [0.2, 0.25) is 0 Å². The van der Waals surface area contributed by atoms with E-state index in [1.165, 1.54) is 0 Å². The maximum Gasteiger partial charge on any atom is 0.707 e. The van der Waals surface area contributed by atoms with Gasteiger partial charge in [0.1, 0.15) is 18.1 Å². The lowest BCUT2D eigenvalue weighted by molar-refractivity contribution is -0.107. The van der Waals surface area contributed by atoms with E-state index in [2.05, 4.69) is 4.98 Å². The Labute approximate surface area is 189 Å². The van der Waals surface area contributed by atoms with Crippen LogP contribution in [0.1, 0.15) is 33.3 Å². The molecule has 7 nitrogen and oxygen atoms in total. The van der Waals surface area contributed by atoms with Crippen LogP contribution in [-0.4, -0.2) is 43.8 Å². The lowest BCUT2D eigenvalue weighted by Crippen LogP contribution is -2.44. The maximum absolute atomic E-state index is 9.10. The van der Waals surface area contributed by atoms with Crippen LogP contribution in [0.15, 0.2) is 72.9 Å². The molecule has 0 aliphatic heterocycles. The van der Waals surface area contributed by atoms with Gasteiger partial charge in [-0.25, -0.2) is 0 Å². The second-order valence-corrected chi connectivity index (χ2v) is 8.21. The Bertz CT molecular complexity index is 942. The smallest absolute Gasteiger partial charge is 0.512 e. The molecule has 2 aromatic carbocycles. The SMILES string of the molecule is CC(C)(O)C(C)(C)O.OB(O)Oc1ccc(OCc2ccccc2)c(-c2ccccn2)c1. The topological polar surface area (TPSA) is 112 Å². The van der Waals surface area contributed by atoms with Gasteiger partial charge in [-0.15, -0.1) is 0 Å². The van der Waals surface area contributed by atoms with E-state index in [4.69, 9.17) is 29.7 Å². The predicted octanol–water partition coefficient (Wildman–Crippen LogP) is 3.20. The molecule has 0 spiro atoms. The van der Waals surface area contributed by atoms with Crippen molar-refractivity contribution in [2.75, 3.05) is 0 Å². The van der Waals surface area contributed by atoms with Gasteiger partial charge in [0, 0.05) is 11.8 Å². The Morgan fingerprint density at radius 3 is 2.00 bits per heavy atom. The summed E-state index contributed by atoms with van der Waals surface area (Å²) in [6.07, 6.45) is 1.69. The standard InChI is InChI=1S/C18H16BNO4.C6H14O2/c21-19(22)24-15-9-10-18(23-13-14-6-2-1-3-7-14)16(12-15)17-8-4-5-11-20-17;1-5(2,7)6(3,4)8/h1-12,21-22H,13H2;7-8H,1-4H3. The summed E-state index contributed by atoms with van der Waals surface area (Å²) in [7, 11) is -1.88. The van der Waals surface area contributed by atoms with E-state index in [1.54, 1.807) is 52.1 Å². The number of rotatable bonds is 7. The number of aromatic nitrogens is 1. The van der Waals surface area contributed by atoms with Gasteiger partial charge in [0.15, 0.2) is 0 Å². The second kappa shape index (κ2) is 11.1. The van der Waals surface area contributed by atoms with Gasteiger partial charge in [-0.1, -0.05) is 36.4 Å². The minimum absolute atomic E-state index is 0.317. The summed E-state index contributed by atoms with van der Waals surface area (Å²) in [6, 6.07) is 20.4. The molecule has 0 aliphatic carbocycles. The summed E-state index contributed by atoms with van der Waals surface area (Å²) in [4.78, 5) is 4.32. The van der Waals surface area contributed by atoms with Crippen LogP contribution in [0.4, 0.5) is 0 Å². The van der Waals surface area contributed by atoms with Crippen LogP contribution in [0.5, 0.6) is 11.5 Å².